The summed E-state index contributed by atoms with van der Waals surface area (Å²) in [5.41, 5.74) is 2.74. The van der Waals surface area contributed by atoms with Gasteiger partial charge in [0.05, 0.1) is 6.20 Å². The summed E-state index contributed by atoms with van der Waals surface area (Å²) in [4.78, 5) is 12.0. The first kappa shape index (κ1) is 12.8. The largest absolute Gasteiger partial charge is 0.294 e. The molecule has 1 aromatic carbocycles. The van der Waals surface area contributed by atoms with Gasteiger partial charge in [-0.05, 0) is 42.7 Å². The maximum absolute atomic E-state index is 12.0. The monoisotopic (exact) mass is 262 g/mol. The molecule has 0 N–H and O–H groups in total. The molecule has 0 amide bonds. The Labute approximate surface area is 111 Å². The lowest BCUT2D eigenvalue weighted by molar-refractivity contribution is 0.0983. The maximum atomic E-state index is 12.0. The summed E-state index contributed by atoms with van der Waals surface area (Å²) in [6.45, 7) is 1.90. The normalized spacial score (nSPS) is 10.6. The highest BCUT2D eigenvalue weighted by Crippen LogP contribution is 2.17. The van der Waals surface area contributed by atoms with Crippen molar-refractivity contribution in [1.82, 2.24) is 9.78 Å². The molecule has 0 radical (unpaired) electrons. The molecule has 1 heterocycles. The van der Waals surface area contributed by atoms with E-state index >= 15 is 0 Å². The molecule has 0 bridgehead atoms. The van der Waals surface area contributed by atoms with Crippen LogP contribution in [0.5, 0.6) is 0 Å². The van der Waals surface area contributed by atoms with E-state index in [1.165, 1.54) is 0 Å². The van der Waals surface area contributed by atoms with Gasteiger partial charge in [-0.25, -0.2) is 0 Å². The molecule has 0 saturated heterocycles. The smallest absolute Gasteiger partial charge is 0.163 e. The van der Waals surface area contributed by atoms with Crippen molar-refractivity contribution in [1.29, 1.82) is 0 Å². The zero-order valence-corrected chi connectivity index (χ0v) is 11.2. The van der Waals surface area contributed by atoms with Crippen molar-refractivity contribution in [3.05, 3.63) is 52.3 Å². The van der Waals surface area contributed by atoms with Gasteiger partial charge >= 0.3 is 0 Å². The van der Waals surface area contributed by atoms with Crippen molar-refractivity contribution in [2.45, 2.75) is 19.8 Å². The zero-order valence-electron chi connectivity index (χ0n) is 10.5. The quantitative estimate of drug-likeness (QED) is 0.793. The average Bonchev–Trinajstić information content (AvgIpc) is 2.75. The molecule has 0 unspecified atom stereocenters. The van der Waals surface area contributed by atoms with Crippen LogP contribution in [0.2, 0.25) is 5.02 Å². The summed E-state index contributed by atoms with van der Waals surface area (Å²) in [7, 11) is 1.87. The van der Waals surface area contributed by atoms with Crippen LogP contribution in [0.25, 0.3) is 0 Å². The number of ketones is 1. The van der Waals surface area contributed by atoms with Gasteiger partial charge in [-0.15, -0.1) is 0 Å². The van der Waals surface area contributed by atoms with Crippen LogP contribution in [0.15, 0.2) is 30.6 Å². The van der Waals surface area contributed by atoms with Crippen molar-refractivity contribution in [3.8, 4) is 0 Å². The van der Waals surface area contributed by atoms with Crippen LogP contribution in [0.1, 0.15) is 27.9 Å². The Morgan fingerprint density at radius 1 is 1.44 bits per heavy atom. The van der Waals surface area contributed by atoms with E-state index in [0.717, 1.165) is 16.7 Å². The predicted octanol–water partition coefficient (Wildman–Crippen LogP) is 3.20. The van der Waals surface area contributed by atoms with E-state index in [1.54, 1.807) is 23.0 Å². The van der Waals surface area contributed by atoms with Crippen LogP contribution in [0, 0.1) is 6.92 Å². The fourth-order valence-corrected chi connectivity index (χ4v) is 1.94. The molecule has 2 aromatic rings. The lowest BCUT2D eigenvalue weighted by atomic mass is 10.0. The summed E-state index contributed by atoms with van der Waals surface area (Å²) in [6.07, 6.45) is 4.93. The maximum Gasteiger partial charge on any atom is 0.163 e. The number of Topliss-reactive ketones (excluding diaryl/α,β-unsaturated/α-hetero) is 1. The molecular weight excluding hydrogens is 248 g/mol. The van der Waals surface area contributed by atoms with Gasteiger partial charge in [0.25, 0.3) is 0 Å². The molecule has 0 aliphatic heterocycles. The van der Waals surface area contributed by atoms with E-state index in [2.05, 4.69) is 5.10 Å². The van der Waals surface area contributed by atoms with Gasteiger partial charge in [0.2, 0.25) is 0 Å². The molecule has 0 atom stereocenters. The van der Waals surface area contributed by atoms with Gasteiger partial charge < -0.3 is 0 Å². The Balaban J connectivity index is 2.01. The third-order valence-electron chi connectivity index (χ3n) is 2.88. The minimum Gasteiger partial charge on any atom is -0.294 e. The number of carbonyl (C=O) groups is 1. The van der Waals surface area contributed by atoms with E-state index in [1.807, 2.05) is 26.2 Å². The Morgan fingerprint density at radius 2 is 2.22 bits per heavy atom. The number of halogens is 1. The Kier molecular flexibility index (Phi) is 3.82. The van der Waals surface area contributed by atoms with Gasteiger partial charge in [-0.3, -0.25) is 9.48 Å². The number of benzene rings is 1. The third kappa shape index (κ3) is 2.99. The second kappa shape index (κ2) is 5.36. The van der Waals surface area contributed by atoms with Crippen LogP contribution >= 0.6 is 11.6 Å². The highest BCUT2D eigenvalue weighted by Gasteiger charge is 2.08. The Hall–Kier alpha value is -1.61. The minimum atomic E-state index is 0.138. The third-order valence-corrected chi connectivity index (χ3v) is 3.30. The lowest BCUT2D eigenvalue weighted by Crippen LogP contribution is -2.01. The second-order valence-corrected chi connectivity index (χ2v) is 4.82. The van der Waals surface area contributed by atoms with E-state index in [-0.39, 0.29) is 5.78 Å². The first-order chi connectivity index (χ1) is 8.56. The summed E-state index contributed by atoms with van der Waals surface area (Å²) < 4.78 is 1.74. The van der Waals surface area contributed by atoms with Crippen molar-refractivity contribution in [2.24, 2.45) is 7.05 Å². The summed E-state index contributed by atoms with van der Waals surface area (Å²) >= 11 is 5.94. The molecule has 3 nitrogen and oxygen atoms in total. The fraction of sp³-hybridized carbons (Fsp3) is 0.286. The summed E-state index contributed by atoms with van der Waals surface area (Å²) in [5.74, 6) is 0.138. The molecule has 0 saturated carbocycles. The van der Waals surface area contributed by atoms with Crippen LogP contribution in [0.4, 0.5) is 0 Å². The van der Waals surface area contributed by atoms with Crippen molar-refractivity contribution in [3.63, 3.8) is 0 Å². The van der Waals surface area contributed by atoms with Gasteiger partial charge in [0, 0.05) is 30.3 Å². The first-order valence-electron chi connectivity index (χ1n) is 5.83. The predicted molar refractivity (Wildman–Crippen MR) is 72.0 cm³/mol. The van der Waals surface area contributed by atoms with Crippen molar-refractivity contribution < 1.29 is 4.79 Å². The number of hydrogen-bond acceptors (Lipinski definition) is 2. The number of aromatic nitrogens is 2. The van der Waals surface area contributed by atoms with E-state index in [9.17, 15) is 4.79 Å². The van der Waals surface area contributed by atoms with Gasteiger partial charge in [-0.2, -0.15) is 5.10 Å². The number of rotatable bonds is 4. The van der Waals surface area contributed by atoms with Crippen LogP contribution in [-0.4, -0.2) is 15.6 Å². The fourth-order valence-electron chi connectivity index (χ4n) is 1.82. The molecule has 94 valence electrons. The average molecular weight is 263 g/mol. The zero-order chi connectivity index (χ0) is 13.1. The molecule has 0 spiro atoms. The highest BCUT2D eigenvalue weighted by atomic mass is 35.5. The molecular formula is C14H15ClN2O. The van der Waals surface area contributed by atoms with Crippen molar-refractivity contribution >= 4 is 17.4 Å². The van der Waals surface area contributed by atoms with Gasteiger partial charge in [0.15, 0.2) is 5.78 Å². The Bertz CT molecular complexity index is 575. The topological polar surface area (TPSA) is 34.9 Å². The Morgan fingerprint density at radius 3 is 2.83 bits per heavy atom. The van der Waals surface area contributed by atoms with E-state index < -0.39 is 0 Å². The van der Waals surface area contributed by atoms with E-state index in [0.29, 0.717) is 17.9 Å². The number of aryl methyl sites for hydroxylation is 3. The summed E-state index contributed by atoms with van der Waals surface area (Å²) in [5, 5.41) is 4.77. The molecule has 18 heavy (non-hydrogen) atoms. The molecule has 4 heteroatoms. The SMILES string of the molecule is Cc1cc(C(=O)CCc2cnn(C)c2)ccc1Cl. The molecule has 0 aliphatic carbocycles. The highest BCUT2D eigenvalue weighted by molar-refractivity contribution is 6.31. The number of nitrogens with zero attached hydrogens (tertiary/aromatic N) is 2. The first-order valence-corrected chi connectivity index (χ1v) is 6.21. The van der Waals surface area contributed by atoms with Gasteiger partial charge in [-0.1, -0.05) is 11.6 Å². The molecule has 2 rings (SSSR count). The van der Waals surface area contributed by atoms with Crippen LogP contribution < -0.4 is 0 Å². The van der Waals surface area contributed by atoms with Crippen LogP contribution in [0.3, 0.4) is 0 Å². The molecule has 1 aromatic heterocycles. The molecule has 0 aliphatic rings. The second-order valence-electron chi connectivity index (χ2n) is 4.41. The standard InChI is InChI=1S/C14H15ClN2O/c1-10-7-12(4-5-13(10)15)14(18)6-3-11-8-16-17(2)9-11/h4-5,7-9H,3,6H2,1-2H3. The lowest BCUT2D eigenvalue weighted by Gasteiger charge is -2.03. The van der Waals surface area contributed by atoms with Crippen molar-refractivity contribution in [2.75, 3.05) is 0 Å². The number of carbonyl (C=O) groups excluding carboxylic acids is 1. The van der Waals surface area contributed by atoms with Crippen LogP contribution in [-0.2, 0) is 13.5 Å². The minimum absolute atomic E-state index is 0.138. The van der Waals surface area contributed by atoms with E-state index in [4.69, 9.17) is 11.6 Å². The van der Waals surface area contributed by atoms with Gasteiger partial charge in [0.1, 0.15) is 0 Å². The molecule has 0 fully saturated rings. The number of hydrogen-bond donors (Lipinski definition) is 0. The summed E-state index contributed by atoms with van der Waals surface area (Å²) in [6, 6.07) is 5.39.